The average Bonchev–Trinajstić information content (AvgIpc) is 2.30. The second-order valence-electron chi connectivity index (χ2n) is 4.11. The molecular formula is C14H13Cl2NO. The molecule has 0 aliphatic heterocycles. The van der Waals surface area contributed by atoms with E-state index in [1.165, 1.54) is 0 Å². The molecule has 1 heterocycles. The molecule has 1 aromatic heterocycles. The largest absolute Gasteiger partial charge is 0.488 e. The van der Waals surface area contributed by atoms with E-state index < -0.39 is 0 Å². The van der Waals surface area contributed by atoms with Gasteiger partial charge in [-0.05, 0) is 43.2 Å². The number of rotatable bonds is 3. The molecule has 0 spiro atoms. The number of aromatic nitrogens is 1. The summed E-state index contributed by atoms with van der Waals surface area (Å²) in [5.74, 6) is 0.847. The lowest BCUT2D eigenvalue weighted by Gasteiger charge is -2.13. The summed E-state index contributed by atoms with van der Waals surface area (Å²) in [7, 11) is 0. The van der Waals surface area contributed by atoms with E-state index >= 15 is 0 Å². The molecule has 1 aromatic carbocycles. The van der Waals surface area contributed by atoms with Gasteiger partial charge in [0.2, 0.25) is 0 Å². The molecule has 0 atom stereocenters. The normalized spacial score (nSPS) is 10.4. The third kappa shape index (κ3) is 2.95. The van der Waals surface area contributed by atoms with Crippen LogP contribution in [-0.4, -0.2) is 4.98 Å². The fraction of sp³-hybridized carbons (Fsp3) is 0.214. The van der Waals surface area contributed by atoms with Crippen molar-refractivity contribution >= 4 is 23.2 Å². The van der Waals surface area contributed by atoms with Gasteiger partial charge in [-0.2, -0.15) is 0 Å². The van der Waals surface area contributed by atoms with Gasteiger partial charge in [-0.3, -0.25) is 0 Å². The zero-order chi connectivity index (χ0) is 13.1. The molecule has 0 unspecified atom stereocenters. The van der Waals surface area contributed by atoms with Crippen LogP contribution >= 0.6 is 23.2 Å². The van der Waals surface area contributed by atoms with E-state index in [0.717, 1.165) is 27.5 Å². The molecule has 0 N–H and O–H groups in total. The summed E-state index contributed by atoms with van der Waals surface area (Å²) in [6.45, 7) is 4.34. The van der Waals surface area contributed by atoms with Gasteiger partial charge in [-0.15, -0.1) is 0 Å². The lowest BCUT2D eigenvalue weighted by molar-refractivity contribution is 0.301. The van der Waals surface area contributed by atoms with Gasteiger partial charge < -0.3 is 4.74 Å². The van der Waals surface area contributed by atoms with Crippen LogP contribution in [0.4, 0.5) is 0 Å². The minimum Gasteiger partial charge on any atom is -0.488 e. The Hall–Kier alpha value is -1.25. The maximum atomic E-state index is 5.98. The van der Waals surface area contributed by atoms with Crippen LogP contribution in [0.3, 0.4) is 0 Å². The van der Waals surface area contributed by atoms with Crippen molar-refractivity contribution in [1.29, 1.82) is 0 Å². The van der Waals surface area contributed by atoms with Crippen LogP contribution < -0.4 is 4.74 Å². The van der Waals surface area contributed by atoms with Crippen molar-refractivity contribution in [2.24, 2.45) is 0 Å². The molecule has 0 bridgehead atoms. The molecule has 2 aromatic rings. The van der Waals surface area contributed by atoms with Gasteiger partial charge in [-0.1, -0.05) is 29.3 Å². The standard InChI is InChI=1S/C14H13Cl2NO/c1-9-6-12(15)7-10(2)13(9)18-8-11-4-3-5-17-14(11)16/h3-7H,8H2,1-2H3. The van der Waals surface area contributed by atoms with Gasteiger partial charge in [0.25, 0.3) is 0 Å². The number of hydrogen-bond acceptors (Lipinski definition) is 2. The van der Waals surface area contributed by atoms with E-state index in [-0.39, 0.29) is 0 Å². The Labute approximate surface area is 117 Å². The van der Waals surface area contributed by atoms with Gasteiger partial charge in [0.05, 0.1) is 0 Å². The summed E-state index contributed by atoms with van der Waals surface area (Å²) in [6.07, 6.45) is 1.66. The minimum absolute atomic E-state index is 0.399. The zero-order valence-electron chi connectivity index (χ0n) is 10.2. The van der Waals surface area contributed by atoms with Crippen molar-refractivity contribution in [2.45, 2.75) is 20.5 Å². The third-order valence-electron chi connectivity index (χ3n) is 2.63. The summed E-state index contributed by atoms with van der Waals surface area (Å²) < 4.78 is 5.81. The molecule has 0 amide bonds. The molecular weight excluding hydrogens is 269 g/mol. The Morgan fingerprint density at radius 1 is 1.17 bits per heavy atom. The van der Waals surface area contributed by atoms with E-state index in [9.17, 15) is 0 Å². The number of halogens is 2. The fourth-order valence-corrected chi connectivity index (χ4v) is 2.30. The number of aryl methyl sites for hydroxylation is 2. The molecule has 0 saturated carbocycles. The second kappa shape index (κ2) is 5.59. The van der Waals surface area contributed by atoms with E-state index in [0.29, 0.717) is 11.8 Å². The predicted octanol–water partition coefficient (Wildman–Crippen LogP) is 4.58. The van der Waals surface area contributed by atoms with E-state index in [1.54, 1.807) is 6.20 Å². The molecule has 2 rings (SSSR count). The van der Waals surface area contributed by atoms with Crippen molar-refractivity contribution in [3.63, 3.8) is 0 Å². The van der Waals surface area contributed by atoms with E-state index in [2.05, 4.69) is 4.98 Å². The lowest BCUT2D eigenvalue weighted by atomic mass is 10.1. The van der Waals surface area contributed by atoms with Crippen LogP contribution in [0.5, 0.6) is 5.75 Å². The second-order valence-corrected chi connectivity index (χ2v) is 4.91. The Kier molecular flexibility index (Phi) is 4.10. The Morgan fingerprint density at radius 3 is 2.44 bits per heavy atom. The average molecular weight is 282 g/mol. The summed E-state index contributed by atoms with van der Waals surface area (Å²) in [6, 6.07) is 7.51. The van der Waals surface area contributed by atoms with Crippen molar-refractivity contribution in [1.82, 2.24) is 4.98 Å². The first-order chi connectivity index (χ1) is 8.58. The maximum absolute atomic E-state index is 5.98. The number of pyridine rings is 1. The topological polar surface area (TPSA) is 22.1 Å². The number of ether oxygens (including phenoxy) is 1. The molecule has 0 aliphatic rings. The maximum Gasteiger partial charge on any atom is 0.135 e. The summed E-state index contributed by atoms with van der Waals surface area (Å²) in [5, 5.41) is 1.19. The molecule has 2 nitrogen and oxygen atoms in total. The highest BCUT2D eigenvalue weighted by molar-refractivity contribution is 6.30. The highest BCUT2D eigenvalue weighted by Gasteiger charge is 2.07. The molecule has 94 valence electrons. The van der Waals surface area contributed by atoms with Crippen LogP contribution in [-0.2, 0) is 6.61 Å². The van der Waals surface area contributed by atoms with Gasteiger partial charge in [-0.25, -0.2) is 4.98 Å². The summed E-state index contributed by atoms with van der Waals surface area (Å²) in [4.78, 5) is 4.01. The first-order valence-electron chi connectivity index (χ1n) is 5.57. The minimum atomic E-state index is 0.399. The number of benzene rings is 1. The predicted molar refractivity (Wildman–Crippen MR) is 74.5 cm³/mol. The van der Waals surface area contributed by atoms with E-state index in [4.69, 9.17) is 27.9 Å². The molecule has 18 heavy (non-hydrogen) atoms. The number of nitrogens with zero attached hydrogens (tertiary/aromatic N) is 1. The third-order valence-corrected chi connectivity index (χ3v) is 3.19. The van der Waals surface area contributed by atoms with Crippen LogP contribution in [0.1, 0.15) is 16.7 Å². The Balaban J connectivity index is 2.19. The molecule has 4 heteroatoms. The fourth-order valence-electron chi connectivity index (χ4n) is 1.80. The smallest absolute Gasteiger partial charge is 0.135 e. The summed E-state index contributed by atoms with van der Waals surface area (Å²) in [5.41, 5.74) is 2.90. The summed E-state index contributed by atoms with van der Waals surface area (Å²) >= 11 is 12.0. The SMILES string of the molecule is Cc1cc(Cl)cc(C)c1OCc1cccnc1Cl. The van der Waals surface area contributed by atoms with Crippen LogP contribution in [0.15, 0.2) is 30.5 Å². The monoisotopic (exact) mass is 281 g/mol. The lowest BCUT2D eigenvalue weighted by Crippen LogP contribution is -2.00. The van der Waals surface area contributed by atoms with Gasteiger partial charge in [0.1, 0.15) is 17.5 Å². The molecule has 0 fully saturated rings. The quantitative estimate of drug-likeness (QED) is 0.768. The zero-order valence-corrected chi connectivity index (χ0v) is 11.7. The first kappa shape index (κ1) is 13.2. The van der Waals surface area contributed by atoms with E-state index in [1.807, 2.05) is 38.1 Å². The Morgan fingerprint density at radius 2 is 1.83 bits per heavy atom. The van der Waals surface area contributed by atoms with Crippen LogP contribution in [0.25, 0.3) is 0 Å². The van der Waals surface area contributed by atoms with Crippen molar-refractivity contribution in [3.05, 3.63) is 57.3 Å². The van der Waals surface area contributed by atoms with Crippen LogP contribution in [0.2, 0.25) is 10.2 Å². The Bertz CT molecular complexity index is 546. The van der Waals surface area contributed by atoms with Gasteiger partial charge in [0.15, 0.2) is 0 Å². The molecule has 0 saturated heterocycles. The first-order valence-corrected chi connectivity index (χ1v) is 6.32. The number of hydrogen-bond donors (Lipinski definition) is 0. The van der Waals surface area contributed by atoms with Crippen molar-refractivity contribution in [3.8, 4) is 5.75 Å². The molecule has 0 aliphatic carbocycles. The van der Waals surface area contributed by atoms with Crippen molar-refractivity contribution < 1.29 is 4.74 Å². The highest BCUT2D eigenvalue weighted by atomic mass is 35.5. The van der Waals surface area contributed by atoms with Crippen LogP contribution in [0, 0.1) is 13.8 Å². The molecule has 0 radical (unpaired) electrons. The van der Waals surface area contributed by atoms with Gasteiger partial charge in [0, 0.05) is 16.8 Å². The van der Waals surface area contributed by atoms with Crippen molar-refractivity contribution in [2.75, 3.05) is 0 Å². The highest BCUT2D eigenvalue weighted by Crippen LogP contribution is 2.28. The van der Waals surface area contributed by atoms with Gasteiger partial charge >= 0.3 is 0 Å².